The summed E-state index contributed by atoms with van der Waals surface area (Å²) in [5.74, 6) is 0.245. The molecule has 0 saturated heterocycles. The van der Waals surface area contributed by atoms with Crippen molar-refractivity contribution in [2.75, 3.05) is 6.54 Å². The van der Waals surface area contributed by atoms with Crippen molar-refractivity contribution in [3.63, 3.8) is 0 Å². The Bertz CT molecular complexity index is 687. The number of nitrogens with zero attached hydrogens (tertiary/aromatic N) is 2. The number of aliphatic hydroxyl groups is 1. The van der Waals surface area contributed by atoms with Crippen LogP contribution in [0.15, 0.2) is 24.4 Å². The average Bonchev–Trinajstić information content (AvgIpc) is 2.86. The normalized spacial score (nSPS) is 13.6. The zero-order chi connectivity index (χ0) is 12.0. The van der Waals surface area contributed by atoms with Crippen molar-refractivity contribution in [3.8, 4) is 0 Å². The Morgan fingerprint density at radius 1 is 1.53 bits per heavy atom. The quantitative estimate of drug-likeness (QED) is 0.617. The molecule has 1 unspecified atom stereocenters. The number of aromatic amines is 1. The lowest BCUT2D eigenvalue weighted by molar-refractivity contribution is 0.182. The highest BCUT2D eigenvalue weighted by Crippen LogP contribution is 2.20. The summed E-state index contributed by atoms with van der Waals surface area (Å²) in [5.41, 5.74) is 7.30. The molecule has 0 amide bonds. The summed E-state index contributed by atoms with van der Waals surface area (Å²) in [7, 11) is 0. The van der Waals surface area contributed by atoms with Crippen molar-refractivity contribution < 1.29 is 9.50 Å². The summed E-state index contributed by atoms with van der Waals surface area (Å²) in [6.07, 6.45) is 0.919. The predicted octanol–water partition coefficient (Wildman–Crippen LogP) is 0.947. The number of fused-ring (bicyclic) bond motifs is 3. The third-order valence-corrected chi connectivity index (χ3v) is 2.76. The van der Waals surface area contributed by atoms with Crippen LogP contribution in [0.25, 0.3) is 16.8 Å². The topological polar surface area (TPSA) is 79.3 Å². The van der Waals surface area contributed by atoms with E-state index in [4.69, 9.17) is 5.73 Å². The molecule has 5 nitrogen and oxygen atoms in total. The van der Waals surface area contributed by atoms with E-state index in [9.17, 15) is 9.50 Å². The molecular formula is C11H11FN4O. The Morgan fingerprint density at radius 3 is 3.12 bits per heavy atom. The van der Waals surface area contributed by atoms with Crippen LogP contribution in [0.4, 0.5) is 4.39 Å². The molecule has 0 aliphatic heterocycles. The van der Waals surface area contributed by atoms with Crippen LogP contribution in [0.1, 0.15) is 11.8 Å². The molecule has 3 rings (SSSR count). The Balaban J connectivity index is 2.26. The average molecular weight is 234 g/mol. The van der Waals surface area contributed by atoms with Crippen LogP contribution < -0.4 is 5.73 Å². The Hall–Kier alpha value is -1.92. The van der Waals surface area contributed by atoms with Crippen molar-refractivity contribution in [2.24, 2.45) is 5.73 Å². The van der Waals surface area contributed by atoms with Crippen molar-refractivity contribution in [2.45, 2.75) is 6.10 Å². The highest BCUT2D eigenvalue weighted by molar-refractivity contribution is 5.79. The third-order valence-electron chi connectivity index (χ3n) is 2.76. The van der Waals surface area contributed by atoms with Crippen LogP contribution in [0, 0.1) is 5.82 Å². The van der Waals surface area contributed by atoms with E-state index in [-0.39, 0.29) is 12.4 Å². The minimum absolute atomic E-state index is 0.121. The Kier molecular flexibility index (Phi) is 2.13. The van der Waals surface area contributed by atoms with Gasteiger partial charge in [0, 0.05) is 18.8 Å². The first kappa shape index (κ1) is 10.2. The van der Waals surface area contributed by atoms with Gasteiger partial charge in [-0.1, -0.05) is 0 Å². The van der Waals surface area contributed by atoms with Gasteiger partial charge in [0.15, 0.2) is 0 Å². The molecule has 17 heavy (non-hydrogen) atoms. The van der Waals surface area contributed by atoms with Crippen LogP contribution in [0.5, 0.6) is 0 Å². The second-order valence-corrected chi connectivity index (χ2v) is 3.90. The van der Waals surface area contributed by atoms with Gasteiger partial charge in [0.1, 0.15) is 11.9 Å². The van der Waals surface area contributed by atoms with Crippen LogP contribution >= 0.6 is 0 Å². The molecule has 88 valence electrons. The van der Waals surface area contributed by atoms with E-state index in [0.29, 0.717) is 22.5 Å². The van der Waals surface area contributed by atoms with Gasteiger partial charge in [-0.05, 0) is 12.1 Å². The number of nitrogens with one attached hydrogen (secondary N) is 1. The smallest absolute Gasteiger partial charge is 0.212 e. The maximum Gasteiger partial charge on any atom is 0.212 e. The van der Waals surface area contributed by atoms with E-state index in [1.165, 1.54) is 12.1 Å². The highest BCUT2D eigenvalue weighted by Gasteiger charge is 2.12. The summed E-state index contributed by atoms with van der Waals surface area (Å²) in [5, 5.41) is 9.60. The molecule has 0 saturated carbocycles. The second kappa shape index (κ2) is 3.54. The fourth-order valence-electron chi connectivity index (χ4n) is 1.88. The SMILES string of the molecule is NCC(O)c1cn2c(nc3ccc(F)cc32)[nH]1. The standard InChI is InChI=1S/C11H11FN4O/c12-6-1-2-7-9(3-6)16-5-8(10(17)4-13)15-11(16)14-7/h1-3,5,10,17H,4,13H2,(H,14,15). The molecule has 1 aromatic carbocycles. The third kappa shape index (κ3) is 1.49. The summed E-state index contributed by atoms with van der Waals surface area (Å²) in [6.45, 7) is 0.121. The maximum atomic E-state index is 13.2. The molecule has 4 N–H and O–H groups in total. The number of halogens is 1. The Labute approximate surface area is 95.7 Å². The van der Waals surface area contributed by atoms with Crippen molar-refractivity contribution in [3.05, 3.63) is 35.9 Å². The number of benzene rings is 1. The van der Waals surface area contributed by atoms with Crippen LogP contribution in [-0.2, 0) is 0 Å². The van der Waals surface area contributed by atoms with Crippen LogP contribution in [0.2, 0.25) is 0 Å². The van der Waals surface area contributed by atoms with Gasteiger partial charge in [-0.25, -0.2) is 9.37 Å². The molecule has 0 spiro atoms. The number of aliphatic hydroxyl groups excluding tert-OH is 1. The van der Waals surface area contributed by atoms with E-state index in [1.54, 1.807) is 16.7 Å². The molecule has 0 radical (unpaired) electrons. The number of rotatable bonds is 2. The van der Waals surface area contributed by atoms with Gasteiger partial charge in [0.2, 0.25) is 5.78 Å². The summed E-state index contributed by atoms with van der Waals surface area (Å²) in [4.78, 5) is 7.24. The fraction of sp³-hybridized carbons (Fsp3) is 0.182. The van der Waals surface area contributed by atoms with E-state index >= 15 is 0 Å². The lowest BCUT2D eigenvalue weighted by Gasteiger charge is -2.02. The summed E-state index contributed by atoms with van der Waals surface area (Å²) >= 11 is 0. The first-order chi connectivity index (χ1) is 8.19. The largest absolute Gasteiger partial charge is 0.386 e. The van der Waals surface area contributed by atoms with E-state index < -0.39 is 6.10 Å². The number of H-pyrrole nitrogens is 1. The number of aromatic nitrogens is 3. The molecule has 6 heteroatoms. The van der Waals surface area contributed by atoms with Gasteiger partial charge >= 0.3 is 0 Å². The predicted molar refractivity (Wildman–Crippen MR) is 61.0 cm³/mol. The van der Waals surface area contributed by atoms with Crippen molar-refractivity contribution in [1.82, 2.24) is 14.4 Å². The lowest BCUT2D eigenvalue weighted by Crippen LogP contribution is -2.11. The van der Waals surface area contributed by atoms with Gasteiger partial charge < -0.3 is 15.8 Å². The minimum atomic E-state index is -0.764. The first-order valence-corrected chi connectivity index (χ1v) is 5.23. The molecule has 3 aromatic rings. The second-order valence-electron chi connectivity index (χ2n) is 3.90. The summed E-state index contributed by atoms with van der Waals surface area (Å²) < 4.78 is 14.9. The molecule has 2 aromatic heterocycles. The van der Waals surface area contributed by atoms with Crippen LogP contribution in [-0.4, -0.2) is 26.0 Å². The minimum Gasteiger partial charge on any atom is -0.386 e. The Morgan fingerprint density at radius 2 is 2.35 bits per heavy atom. The number of nitrogens with two attached hydrogens (primary N) is 1. The van der Waals surface area contributed by atoms with Gasteiger partial charge in [-0.3, -0.25) is 4.40 Å². The molecule has 0 aliphatic carbocycles. The van der Waals surface area contributed by atoms with Gasteiger partial charge in [0.25, 0.3) is 0 Å². The van der Waals surface area contributed by atoms with E-state index in [1.807, 2.05) is 0 Å². The van der Waals surface area contributed by atoms with E-state index in [2.05, 4.69) is 9.97 Å². The summed E-state index contributed by atoms with van der Waals surface area (Å²) in [6, 6.07) is 4.39. The zero-order valence-corrected chi connectivity index (χ0v) is 8.89. The van der Waals surface area contributed by atoms with Gasteiger partial charge in [-0.2, -0.15) is 0 Å². The molecule has 0 bridgehead atoms. The molecule has 0 fully saturated rings. The number of hydrogen-bond acceptors (Lipinski definition) is 3. The monoisotopic (exact) mass is 234 g/mol. The fourth-order valence-corrected chi connectivity index (χ4v) is 1.88. The molecular weight excluding hydrogens is 223 g/mol. The number of hydrogen-bond donors (Lipinski definition) is 3. The van der Waals surface area contributed by atoms with E-state index in [0.717, 1.165) is 0 Å². The molecule has 1 atom stereocenters. The lowest BCUT2D eigenvalue weighted by atomic mass is 10.3. The number of imidazole rings is 2. The molecule has 2 heterocycles. The van der Waals surface area contributed by atoms with Crippen molar-refractivity contribution in [1.29, 1.82) is 0 Å². The maximum absolute atomic E-state index is 13.2. The van der Waals surface area contributed by atoms with Gasteiger partial charge in [-0.15, -0.1) is 0 Å². The first-order valence-electron chi connectivity index (χ1n) is 5.23. The zero-order valence-electron chi connectivity index (χ0n) is 8.89. The molecule has 0 aliphatic rings. The highest BCUT2D eigenvalue weighted by atomic mass is 19.1. The van der Waals surface area contributed by atoms with Crippen molar-refractivity contribution >= 4 is 16.8 Å². The van der Waals surface area contributed by atoms with Gasteiger partial charge in [0.05, 0.1) is 16.7 Å². The van der Waals surface area contributed by atoms with Crippen LogP contribution in [0.3, 0.4) is 0 Å².